The molecule has 1 atom stereocenters. The first kappa shape index (κ1) is 10.9. The van der Waals surface area contributed by atoms with Crippen molar-refractivity contribution >= 4 is 17.2 Å². The van der Waals surface area contributed by atoms with Crippen LogP contribution in [0, 0.1) is 13.8 Å². The number of nitrogens with two attached hydrogens (primary N) is 1. The first-order chi connectivity index (χ1) is 6.49. The van der Waals surface area contributed by atoms with Crippen molar-refractivity contribution in [2.75, 3.05) is 0 Å². The summed E-state index contributed by atoms with van der Waals surface area (Å²) >= 11 is 1.14. The molecule has 0 aromatic carbocycles. The molecule has 0 bridgehead atoms. The lowest BCUT2D eigenvalue weighted by Gasteiger charge is -2.12. The lowest BCUT2D eigenvalue weighted by atomic mass is 10.3. The normalized spacial score (nSPS) is 12.6. The Kier molecular flexibility index (Phi) is 3.07. The number of aromatic nitrogens is 1. The van der Waals surface area contributed by atoms with Crippen LogP contribution in [-0.4, -0.2) is 10.5 Å². The maximum Gasteiger partial charge on any atom is 0.308 e. The molecule has 6 heteroatoms. The predicted molar refractivity (Wildman–Crippen MR) is 55.1 cm³/mol. The Morgan fingerprint density at radius 1 is 1.57 bits per heavy atom. The highest BCUT2D eigenvalue weighted by atomic mass is 32.1. The van der Waals surface area contributed by atoms with E-state index in [9.17, 15) is 9.59 Å². The van der Waals surface area contributed by atoms with Gasteiger partial charge in [0.1, 0.15) is 6.04 Å². The molecule has 0 spiro atoms. The molecule has 5 nitrogen and oxygen atoms in total. The molecule has 1 aromatic rings. The quantitative estimate of drug-likeness (QED) is 0.416. The third-order valence-corrected chi connectivity index (χ3v) is 3.19. The SMILES string of the molecule is Cc1sc(=O)n(C(C)C(=O)NN)c1C. The van der Waals surface area contributed by atoms with Gasteiger partial charge in [-0.3, -0.25) is 19.6 Å². The molecule has 0 saturated heterocycles. The van der Waals surface area contributed by atoms with Crippen molar-refractivity contribution in [1.82, 2.24) is 9.99 Å². The van der Waals surface area contributed by atoms with Gasteiger partial charge in [-0.05, 0) is 20.8 Å². The Hall–Kier alpha value is -1.14. The summed E-state index contributed by atoms with van der Waals surface area (Å²) in [6.07, 6.45) is 0. The number of nitrogens with one attached hydrogen (secondary N) is 1. The van der Waals surface area contributed by atoms with Gasteiger partial charge >= 0.3 is 4.87 Å². The van der Waals surface area contributed by atoms with Crippen molar-refractivity contribution in [3.05, 3.63) is 20.2 Å². The number of hydrazine groups is 1. The van der Waals surface area contributed by atoms with Crippen LogP contribution < -0.4 is 16.1 Å². The van der Waals surface area contributed by atoms with Crippen LogP contribution in [0.25, 0.3) is 0 Å². The minimum Gasteiger partial charge on any atom is -0.292 e. The fourth-order valence-corrected chi connectivity index (χ4v) is 2.15. The van der Waals surface area contributed by atoms with E-state index >= 15 is 0 Å². The maximum atomic E-state index is 11.5. The fourth-order valence-electron chi connectivity index (χ4n) is 1.25. The fraction of sp³-hybridized carbons (Fsp3) is 0.500. The molecule has 0 fully saturated rings. The summed E-state index contributed by atoms with van der Waals surface area (Å²) in [7, 11) is 0. The number of hydrogen-bond acceptors (Lipinski definition) is 4. The number of nitrogens with zero attached hydrogens (tertiary/aromatic N) is 1. The number of thiazole rings is 1. The van der Waals surface area contributed by atoms with E-state index in [4.69, 9.17) is 5.84 Å². The minimum atomic E-state index is -0.558. The van der Waals surface area contributed by atoms with E-state index in [1.807, 2.05) is 19.3 Å². The largest absolute Gasteiger partial charge is 0.308 e. The Morgan fingerprint density at radius 3 is 2.50 bits per heavy atom. The Bertz CT molecular complexity index is 407. The van der Waals surface area contributed by atoms with Crippen LogP contribution >= 0.6 is 11.3 Å². The number of carbonyl (C=O) groups excluding carboxylic acids is 1. The highest BCUT2D eigenvalue weighted by Gasteiger charge is 2.19. The van der Waals surface area contributed by atoms with E-state index in [0.29, 0.717) is 0 Å². The van der Waals surface area contributed by atoms with Gasteiger partial charge in [-0.15, -0.1) is 0 Å². The van der Waals surface area contributed by atoms with E-state index in [1.165, 1.54) is 4.57 Å². The summed E-state index contributed by atoms with van der Waals surface area (Å²) in [4.78, 5) is 23.5. The van der Waals surface area contributed by atoms with E-state index in [1.54, 1.807) is 6.92 Å². The van der Waals surface area contributed by atoms with Crippen molar-refractivity contribution in [1.29, 1.82) is 0 Å². The van der Waals surface area contributed by atoms with Gasteiger partial charge < -0.3 is 0 Å². The minimum absolute atomic E-state index is 0.129. The zero-order valence-electron chi connectivity index (χ0n) is 8.33. The molecule has 0 saturated carbocycles. The molecular formula is C8H13N3O2S. The van der Waals surface area contributed by atoms with Gasteiger partial charge in [0, 0.05) is 10.6 Å². The number of carbonyl (C=O) groups is 1. The summed E-state index contributed by atoms with van der Waals surface area (Å²) in [5, 5.41) is 0. The second-order valence-electron chi connectivity index (χ2n) is 3.06. The monoisotopic (exact) mass is 215 g/mol. The average molecular weight is 215 g/mol. The molecule has 0 aliphatic rings. The zero-order chi connectivity index (χ0) is 10.9. The van der Waals surface area contributed by atoms with Crippen molar-refractivity contribution in [3.63, 3.8) is 0 Å². The van der Waals surface area contributed by atoms with Crippen LogP contribution in [0.1, 0.15) is 23.5 Å². The second-order valence-corrected chi connectivity index (χ2v) is 4.23. The third kappa shape index (κ3) is 1.71. The van der Waals surface area contributed by atoms with Gasteiger partial charge in [0.2, 0.25) is 0 Å². The molecule has 1 unspecified atom stereocenters. The summed E-state index contributed by atoms with van der Waals surface area (Å²) in [6, 6.07) is -0.558. The Labute approximate surface area is 85.5 Å². The lowest BCUT2D eigenvalue weighted by Crippen LogP contribution is -2.38. The van der Waals surface area contributed by atoms with Crippen molar-refractivity contribution in [3.8, 4) is 0 Å². The lowest BCUT2D eigenvalue weighted by molar-refractivity contribution is -0.124. The van der Waals surface area contributed by atoms with Gasteiger partial charge in [0.15, 0.2) is 0 Å². The number of rotatable bonds is 2. The smallest absolute Gasteiger partial charge is 0.292 e. The van der Waals surface area contributed by atoms with E-state index in [0.717, 1.165) is 21.9 Å². The van der Waals surface area contributed by atoms with Crippen LogP contribution in [0.4, 0.5) is 0 Å². The van der Waals surface area contributed by atoms with Gasteiger partial charge in [0.05, 0.1) is 0 Å². The molecule has 1 rings (SSSR count). The standard InChI is InChI=1S/C8H13N3O2S/c1-4-6(3)14-8(13)11(4)5(2)7(12)10-9/h5H,9H2,1-3H3,(H,10,12). The molecule has 1 amide bonds. The molecule has 0 aliphatic heterocycles. The van der Waals surface area contributed by atoms with Crippen LogP contribution in [0.15, 0.2) is 4.79 Å². The molecule has 0 aliphatic carbocycles. The molecular weight excluding hydrogens is 202 g/mol. The molecule has 3 N–H and O–H groups in total. The predicted octanol–water partition coefficient (Wildman–Crippen LogP) is 0.0775. The van der Waals surface area contributed by atoms with Crippen LogP contribution in [0.2, 0.25) is 0 Å². The van der Waals surface area contributed by atoms with Crippen LogP contribution in [0.3, 0.4) is 0 Å². The van der Waals surface area contributed by atoms with E-state index < -0.39 is 6.04 Å². The summed E-state index contributed by atoms with van der Waals surface area (Å²) in [5.41, 5.74) is 2.85. The van der Waals surface area contributed by atoms with Gasteiger partial charge in [-0.25, -0.2) is 5.84 Å². The Balaban J connectivity index is 3.19. The Morgan fingerprint density at radius 2 is 2.14 bits per heavy atom. The van der Waals surface area contributed by atoms with E-state index in [-0.39, 0.29) is 10.8 Å². The molecule has 14 heavy (non-hydrogen) atoms. The van der Waals surface area contributed by atoms with Crippen LogP contribution in [-0.2, 0) is 4.79 Å². The van der Waals surface area contributed by atoms with Crippen LogP contribution in [0.5, 0.6) is 0 Å². The highest BCUT2D eigenvalue weighted by Crippen LogP contribution is 2.14. The second kappa shape index (κ2) is 3.93. The maximum absolute atomic E-state index is 11.5. The van der Waals surface area contributed by atoms with Gasteiger partial charge in [-0.2, -0.15) is 0 Å². The number of hydrogen-bond donors (Lipinski definition) is 2. The number of aryl methyl sites for hydroxylation is 1. The van der Waals surface area contributed by atoms with Crippen molar-refractivity contribution < 1.29 is 4.79 Å². The summed E-state index contributed by atoms with van der Waals surface area (Å²) in [6.45, 7) is 5.31. The topological polar surface area (TPSA) is 77.1 Å². The highest BCUT2D eigenvalue weighted by molar-refractivity contribution is 7.09. The van der Waals surface area contributed by atoms with Crippen molar-refractivity contribution in [2.45, 2.75) is 26.8 Å². The number of amides is 1. The summed E-state index contributed by atoms with van der Waals surface area (Å²) < 4.78 is 1.45. The average Bonchev–Trinajstić information content (AvgIpc) is 2.39. The zero-order valence-corrected chi connectivity index (χ0v) is 9.14. The molecule has 1 aromatic heterocycles. The molecule has 1 heterocycles. The first-order valence-electron chi connectivity index (χ1n) is 4.18. The van der Waals surface area contributed by atoms with E-state index in [2.05, 4.69) is 0 Å². The van der Waals surface area contributed by atoms with Crippen molar-refractivity contribution in [2.24, 2.45) is 5.84 Å². The molecule has 78 valence electrons. The van der Waals surface area contributed by atoms with Gasteiger partial charge in [-0.1, -0.05) is 11.3 Å². The first-order valence-corrected chi connectivity index (χ1v) is 4.99. The summed E-state index contributed by atoms with van der Waals surface area (Å²) in [5.74, 6) is 4.64. The molecule has 0 radical (unpaired) electrons. The van der Waals surface area contributed by atoms with Gasteiger partial charge in [0.25, 0.3) is 5.91 Å². The third-order valence-electron chi connectivity index (χ3n) is 2.22.